The highest BCUT2D eigenvalue weighted by molar-refractivity contribution is 5.35. The van der Waals surface area contributed by atoms with Crippen LogP contribution in [0.4, 0.5) is 0 Å². The monoisotopic (exact) mass is 191 g/mol. The Hall–Kier alpha value is -0.860. The summed E-state index contributed by atoms with van der Waals surface area (Å²) >= 11 is 0. The van der Waals surface area contributed by atoms with Crippen LogP contribution in [0.15, 0.2) is 18.2 Å². The number of hydrogen-bond acceptors (Lipinski definition) is 2. The normalized spacial score (nSPS) is 25.9. The topological polar surface area (TPSA) is 35.2 Å². The van der Waals surface area contributed by atoms with Crippen LogP contribution in [0, 0.1) is 0 Å². The molecular weight excluding hydrogens is 174 g/mol. The fraction of sp³-hybridized carbons (Fsp3) is 0.500. The molecular formula is C12H17NO. The first-order valence-electron chi connectivity index (χ1n) is 5.21. The second-order valence-electron chi connectivity index (χ2n) is 3.93. The lowest BCUT2D eigenvalue weighted by molar-refractivity contribution is 0.0213. The molecule has 2 atom stereocenters. The predicted octanol–water partition coefficient (Wildman–Crippen LogP) is 2.17. The van der Waals surface area contributed by atoms with Gasteiger partial charge in [-0.3, -0.25) is 0 Å². The quantitative estimate of drug-likeness (QED) is 0.738. The molecule has 0 fully saturated rings. The van der Waals surface area contributed by atoms with Crippen molar-refractivity contribution in [2.45, 2.75) is 39.0 Å². The van der Waals surface area contributed by atoms with Crippen LogP contribution in [0.2, 0.25) is 0 Å². The summed E-state index contributed by atoms with van der Waals surface area (Å²) in [5.74, 6) is 0. The highest BCUT2D eigenvalue weighted by atomic mass is 16.5. The van der Waals surface area contributed by atoms with Gasteiger partial charge in [0.25, 0.3) is 0 Å². The maximum Gasteiger partial charge on any atom is 0.0744 e. The van der Waals surface area contributed by atoms with E-state index in [1.54, 1.807) is 0 Å². The van der Waals surface area contributed by atoms with E-state index in [-0.39, 0.29) is 12.1 Å². The fourth-order valence-corrected chi connectivity index (χ4v) is 1.88. The van der Waals surface area contributed by atoms with E-state index in [4.69, 9.17) is 10.5 Å². The Balaban J connectivity index is 2.41. The third-order valence-corrected chi connectivity index (χ3v) is 2.99. The molecule has 1 aliphatic heterocycles. The first kappa shape index (κ1) is 9.69. The third-order valence-electron chi connectivity index (χ3n) is 2.99. The highest BCUT2D eigenvalue weighted by Crippen LogP contribution is 2.28. The molecule has 1 heterocycles. The van der Waals surface area contributed by atoms with Crippen LogP contribution in [0.1, 0.15) is 36.6 Å². The van der Waals surface area contributed by atoms with Gasteiger partial charge in [0.1, 0.15) is 0 Å². The van der Waals surface area contributed by atoms with Gasteiger partial charge >= 0.3 is 0 Å². The van der Waals surface area contributed by atoms with E-state index in [0.717, 1.165) is 6.42 Å². The minimum absolute atomic E-state index is 0.0326. The van der Waals surface area contributed by atoms with Gasteiger partial charge in [-0.1, -0.05) is 25.1 Å². The van der Waals surface area contributed by atoms with Crippen molar-refractivity contribution in [2.24, 2.45) is 5.73 Å². The summed E-state index contributed by atoms with van der Waals surface area (Å²) in [6, 6.07) is 6.55. The molecule has 2 heteroatoms. The minimum atomic E-state index is 0.0326. The SMILES string of the molecule is CCc1ccc2c(c1)C(N)[C@@H](C)OC2. The van der Waals surface area contributed by atoms with E-state index < -0.39 is 0 Å². The third kappa shape index (κ3) is 1.56. The average Bonchev–Trinajstić information content (AvgIpc) is 2.23. The standard InChI is InChI=1S/C12H17NO/c1-3-9-4-5-10-7-14-8(2)12(13)11(10)6-9/h4-6,8,12H,3,7,13H2,1-2H3/t8-,12?/m1/s1. The van der Waals surface area contributed by atoms with Crippen molar-refractivity contribution in [3.63, 3.8) is 0 Å². The molecule has 1 aromatic carbocycles. The van der Waals surface area contributed by atoms with E-state index in [9.17, 15) is 0 Å². The van der Waals surface area contributed by atoms with E-state index >= 15 is 0 Å². The number of fused-ring (bicyclic) bond motifs is 1. The van der Waals surface area contributed by atoms with E-state index in [1.165, 1.54) is 16.7 Å². The number of hydrogen-bond donors (Lipinski definition) is 1. The molecule has 1 unspecified atom stereocenters. The molecule has 0 radical (unpaired) electrons. The van der Waals surface area contributed by atoms with Crippen molar-refractivity contribution in [1.82, 2.24) is 0 Å². The summed E-state index contributed by atoms with van der Waals surface area (Å²) in [6.45, 7) is 4.90. The lowest BCUT2D eigenvalue weighted by atomic mass is 9.93. The highest BCUT2D eigenvalue weighted by Gasteiger charge is 2.23. The molecule has 0 bridgehead atoms. The van der Waals surface area contributed by atoms with Gasteiger partial charge < -0.3 is 10.5 Å². The molecule has 1 aromatic rings. The van der Waals surface area contributed by atoms with Crippen LogP contribution in [-0.2, 0) is 17.8 Å². The van der Waals surface area contributed by atoms with Crippen molar-refractivity contribution in [3.8, 4) is 0 Å². The zero-order valence-corrected chi connectivity index (χ0v) is 8.79. The van der Waals surface area contributed by atoms with Crippen LogP contribution in [0.3, 0.4) is 0 Å². The van der Waals surface area contributed by atoms with Gasteiger partial charge in [-0.15, -0.1) is 0 Å². The lowest BCUT2D eigenvalue weighted by Gasteiger charge is -2.29. The van der Waals surface area contributed by atoms with Crippen molar-refractivity contribution >= 4 is 0 Å². The Morgan fingerprint density at radius 2 is 2.29 bits per heavy atom. The Morgan fingerprint density at radius 1 is 1.50 bits per heavy atom. The maximum absolute atomic E-state index is 6.09. The molecule has 0 spiro atoms. The summed E-state index contributed by atoms with van der Waals surface area (Å²) in [4.78, 5) is 0. The zero-order valence-electron chi connectivity index (χ0n) is 8.79. The second kappa shape index (κ2) is 3.71. The van der Waals surface area contributed by atoms with Gasteiger partial charge in [0.05, 0.1) is 18.8 Å². The number of rotatable bonds is 1. The molecule has 0 aliphatic carbocycles. The number of aryl methyl sites for hydroxylation is 1. The predicted molar refractivity (Wildman–Crippen MR) is 57.0 cm³/mol. The fourth-order valence-electron chi connectivity index (χ4n) is 1.88. The van der Waals surface area contributed by atoms with Crippen LogP contribution in [0.5, 0.6) is 0 Å². The Bertz CT molecular complexity index is 335. The van der Waals surface area contributed by atoms with Gasteiger partial charge in [-0.05, 0) is 30.0 Å². The largest absolute Gasteiger partial charge is 0.372 e. The van der Waals surface area contributed by atoms with Gasteiger partial charge in [0.2, 0.25) is 0 Å². The molecule has 76 valence electrons. The number of nitrogens with two attached hydrogens (primary N) is 1. The molecule has 2 nitrogen and oxygen atoms in total. The smallest absolute Gasteiger partial charge is 0.0744 e. The number of benzene rings is 1. The average molecular weight is 191 g/mol. The summed E-state index contributed by atoms with van der Waals surface area (Å²) < 4.78 is 5.57. The summed E-state index contributed by atoms with van der Waals surface area (Å²) in [5, 5.41) is 0. The van der Waals surface area contributed by atoms with Crippen LogP contribution < -0.4 is 5.73 Å². The second-order valence-corrected chi connectivity index (χ2v) is 3.93. The lowest BCUT2D eigenvalue weighted by Crippen LogP contribution is -2.31. The molecule has 2 N–H and O–H groups in total. The Morgan fingerprint density at radius 3 is 3.00 bits per heavy atom. The van der Waals surface area contributed by atoms with Gasteiger partial charge in [0, 0.05) is 0 Å². The molecule has 0 saturated carbocycles. The molecule has 0 saturated heterocycles. The zero-order chi connectivity index (χ0) is 10.1. The Kier molecular flexibility index (Phi) is 2.57. The van der Waals surface area contributed by atoms with Crippen LogP contribution in [0.25, 0.3) is 0 Å². The van der Waals surface area contributed by atoms with Gasteiger partial charge in [0.15, 0.2) is 0 Å². The van der Waals surface area contributed by atoms with Crippen molar-refractivity contribution in [1.29, 1.82) is 0 Å². The molecule has 1 aliphatic rings. The number of ether oxygens (including phenoxy) is 1. The van der Waals surface area contributed by atoms with E-state index in [2.05, 4.69) is 25.1 Å². The molecule has 14 heavy (non-hydrogen) atoms. The first-order valence-corrected chi connectivity index (χ1v) is 5.21. The first-order chi connectivity index (χ1) is 6.72. The summed E-state index contributed by atoms with van der Waals surface area (Å²) in [5.41, 5.74) is 9.95. The van der Waals surface area contributed by atoms with Crippen LogP contribution >= 0.6 is 0 Å². The molecule has 0 aromatic heterocycles. The van der Waals surface area contributed by atoms with Crippen molar-refractivity contribution < 1.29 is 4.74 Å². The van der Waals surface area contributed by atoms with Crippen molar-refractivity contribution in [3.05, 3.63) is 34.9 Å². The minimum Gasteiger partial charge on any atom is -0.372 e. The molecule has 0 amide bonds. The van der Waals surface area contributed by atoms with Gasteiger partial charge in [-0.2, -0.15) is 0 Å². The van der Waals surface area contributed by atoms with E-state index in [0.29, 0.717) is 6.61 Å². The van der Waals surface area contributed by atoms with Gasteiger partial charge in [-0.25, -0.2) is 0 Å². The Labute approximate surface area is 85.1 Å². The molecule has 2 rings (SSSR count). The maximum atomic E-state index is 6.09. The summed E-state index contributed by atoms with van der Waals surface area (Å²) in [6.07, 6.45) is 1.20. The summed E-state index contributed by atoms with van der Waals surface area (Å²) in [7, 11) is 0. The van der Waals surface area contributed by atoms with E-state index in [1.807, 2.05) is 6.92 Å². The van der Waals surface area contributed by atoms with Crippen LogP contribution in [-0.4, -0.2) is 6.10 Å². The van der Waals surface area contributed by atoms with Crippen molar-refractivity contribution in [2.75, 3.05) is 0 Å².